The van der Waals surface area contributed by atoms with Crippen LogP contribution in [0.5, 0.6) is 11.5 Å². The molecule has 0 aromatic heterocycles. The van der Waals surface area contributed by atoms with Crippen molar-refractivity contribution in [1.82, 2.24) is 0 Å². The summed E-state index contributed by atoms with van der Waals surface area (Å²) >= 11 is 0. The van der Waals surface area contributed by atoms with Crippen LogP contribution in [0.4, 0.5) is 0 Å². The molecule has 0 spiro atoms. The van der Waals surface area contributed by atoms with Gasteiger partial charge in [-0.3, -0.25) is 0 Å². The second kappa shape index (κ2) is 20.9. The normalized spacial score (nSPS) is 12.0. The predicted molar refractivity (Wildman–Crippen MR) is 176 cm³/mol. The minimum atomic E-state index is -0.440. The van der Waals surface area contributed by atoms with E-state index in [1.54, 1.807) is 26.0 Å². The molecular weight excluding hydrogens is 572 g/mol. The molecule has 0 aliphatic rings. The highest BCUT2D eigenvalue weighted by atomic mass is 16.6. The highest BCUT2D eigenvalue weighted by molar-refractivity contribution is 5.86. The van der Waals surface area contributed by atoms with Crippen molar-refractivity contribution < 1.29 is 38.0 Å². The van der Waals surface area contributed by atoms with E-state index in [0.717, 1.165) is 48.3 Å². The van der Waals surface area contributed by atoms with E-state index in [2.05, 4.69) is 52.0 Å². The fourth-order valence-electron chi connectivity index (χ4n) is 4.25. The number of ether oxygens (including phenoxy) is 6. The summed E-state index contributed by atoms with van der Waals surface area (Å²) in [6.07, 6.45) is 8.23. The molecule has 2 rings (SSSR count). The number of hydrogen-bond acceptors (Lipinski definition) is 8. The van der Waals surface area contributed by atoms with E-state index >= 15 is 0 Å². The van der Waals surface area contributed by atoms with Crippen molar-refractivity contribution >= 4 is 11.9 Å². The maximum atomic E-state index is 12.1. The molecule has 0 saturated heterocycles. The minimum Gasteiger partial charge on any atom is -0.493 e. The highest BCUT2D eigenvalue weighted by Crippen LogP contribution is 2.33. The Morgan fingerprint density at radius 2 is 0.911 bits per heavy atom. The Balaban J connectivity index is 1.74. The van der Waals surface area contributed by atoms with Gasteiger partial charge >= 0.3 is 11.9 Å². The van der Waals surface area contributed by atoms with Gasteiger partial charge in [0.2, 0.25) is 0 Å². The summed E-state index contributed by atoms with van der Waals surface area (Å²) in [4.78, 5) is 24.3. The van der Waals surface area contributed by atoms with E-state index in [0.29, 0.717) is 39.3 Å². The first kappa shape index (κ1) is 37.2. The molecule has 8 nitrogen and oxygen atoms in total. The lowest BCUT2D eigenvalue weighted by molar-refractivity contribution is -0.144. The summed E-state index contributed by atoms with van der Waals surface area (Å²) < 4.78 is 33.3. The third kappa shape index (κ3) is 13.3. The first-order chi connectivity index (χ1) is 21.8. The SMILES string of the molecule is CC=C(OCCCC)C(=O)OCCCOc1ccc(C(C)(C)c2ccc(OCCCOC(=O)C(=CC)OCCCC)cc2)cc1. The van der Waals surface area contributed by atoms with Crippen LogP contribution < -0.4 is 9.47 Å². The van der Waals surface area contributed by atoms with Crippen LogP contribution in [0.1, 0.15) is 91.2 Å². The number of carbonyl (C=O) groups is 2. The smallest absolute Gasteiger partial charge is 0.373 e. The molecule has 0 bridgehead atoms. The number of rotatable bonds is 22. The highest BCUT2D eigenvalue weighted by Gasteiger charge is 2.23. The Labute approximate surface area is 269 Å². The van der Waals surface area contributed by atoms with Crippen molar-refractivity contribution in [3.05, 3.63) is 83.3 Å². The summed E-state index contributed by atoms with van der Waals surface area (Å²) in [6.45, 7) is 14.4. The molecule has 0 saturated carbocycles. The fraction of sp³-hybridized carbons (Fsp3) is 0.514. The van der Waals surface area contributed by atoms with Gasteiger partial charge in [0.05, 0.1) is 39.6 Å². The minimum absolute atomic E-state index is 0.229. The first-order valence-electron chi connectivity index (χ1n) is 16.2. The average molecular weight is 625 g/mol. The molecule has 0 heterocycles. The van der Waals surface area contributed by atoms with Gasteiger partial charge in [-0.1, -0.05) is 64.8 Å². The third-order valence-electron chi connectivity index (χ3n) is 7.17. The molecule has 2 aromatic carbocycles. The van der Waals surface area contributed by atoms with Crippen LogP contribution in [0.25, 0.3) is 0 Å². The van der Waals surface area contributed by atoms with Crippen molar-refractivity contribution in [2.45, 2.75) is 85.5 Å². The zero-order chi connectivity index (χ0) is 32.9. The Bertz CT molecular complexity index is 1100. The summed E-state index contributed by atoms with van der Waals surface area (Å²) in [6, 6.07) is 16.1. The number of hydrogen-bond donors (Lipinski definition) is 0. The lowest BCUT2D eigenvalue weighted by Gasteiger charge is -2.26. The summed E-state index contributed by atoms with van der Waals surface area (Å²) in [5, 5.41) is 0. The maximum Gasteiger partial charge on any atom is 0.373 e. The van der Waals surface area contributed by atoms with Crippen molar-refractivity contribution in [2.24, 2.45) is 0 Å². The third-order valence-corrected chi connectivity index (χ3v) is 7.17. The molecule has 248 valence electrons. The lowest BCUT2D eigenvalue weighted by Crippen LogP contribution is -2.18. The van der Waals surface area contributed by atoms with E-state index in [9.17, 15) is 9.59 Å². The van der Waals surface area contributed by atoms with E-state index in [-0.39, 0.29) is 30.1 Å². The monoisotopic (exact) mass is 624 g/mol. The van der Waals surface area contributed by atoms with Gasteiger partial charge in [0.15, 0.2) is 11.5 Å². The molecule has 0 unspecified atom stereocenters. The van der Waals surface area contributed by atoms with Gasteiger partial charge in [0.1, 0.15) is 11.5 Å². The van der Waals surface area contributed by atoms with Gasteiger partial charge in [-0.25, -0.2) is 9.59 Å². The van der Waals surface area contributed by atoms with Gasteiger partial charge in [0, 0.05) is 18.3 Å². The number of esters is 2. The van der Waals surface area contributed by atoms with Crippen molar-refractivity contribution in [1.29, 1.82) is 0 Å². The van der Waals surface area contributed by atoms with Gasteiger partial charge in [0.25, 0.3) is 0 Å². The van der Waals surface area contributed by atoms with Crippen LogP contribution in [0.15, 0.2) is 72.2 Å². The topological polar surface area (TPSA) is 89.5 Å². The molecule has 0 radical (unpaired) electrons. The molecule has 0 fully saturated rings. The Morgan fingerprint density at radius 1 is 0.556 bits per heavy atom. The Morgan fingerprint density at radius 3 is 1.24 bits per heavy atom. The quantitative estimate of drug-likeness (QED) is 0.0562. The zero-order valence-corrected chi connectivity index (χ0v) is 28.0. The van der Waals surface area contributed by atoms with Crippen molar-refractivity contribution in [3.8, 4) is 11.5 Å². The standard InChI is InChI=1S/C37H52O8/c1-7-11-23-42-33(9-3)35(38)44-27-13-25-40-31-19-15-29(16-20-31)37(5,6)30-17-21-32(22-18-30)41-26-14-28-45-36(39)34(10-4)43-24-12-8-2/h9-10,15-22H,7-8,11-14,23-28H2,1-6H3. The summed E-state index contributed by atoms with van der Waals surface area (Å²) in [7, 11) is 0. The van der Waals surface area contributed by atoms with Gasteiger partial charge in [-0.15, -0.1) is 0 Å². The van der Waals surface area contributed by atoms with Gasteiger partial charge in [-0.2, -0.15) is 0 Å². The van der Waals surface area contributed by atoms with E-state index in [4.69, 9.17) is 28.4 Å². The molecule has 0 atom stereocenters. The maximum absolute atomic E-state index is 12.1. The van der Waals surface area contributed by atoms with Crippen LogP contribution in [0.2, 0.25) is 0 Å². The number of unbranched alkanes of at least 4 members (excludes halogenated alkanes) is 2. The van der Waals surface area contributed by atoms with Crippen LogP contribution in [0.3, 0.4) is 0 Å². The van der Waals surface area contributed by atoms with Crippen molar-refractivity contribution in [3.63, 3.8) is 0 Å². The number of allylic oxidation sites excluding steroid dienone is 2. The van der Waals surface area contributed by atoms with Crippen molar-refractivity contribution in [2.75, 3.05) is 39.6 Å². The van der Waals surface area contributed by atoms with Gasteiger partial charge < -0.3 is 28.4 Å². The number of benzene rings is 2. The van der Waals surface area contributed by atoms with Crippen LogP contribution in [-0.2, 0) is 34.0 Å². The molecule has 45 heavy (non-hydrogen) atoms. The molecular formula is C37H52O8. The van der Waals surface area contributed by atoms with E-state index in [1.165, 1.54) is 0 Å². The summed E-state index contributed by atoms with van der Waals surface area (Å²) in [5.41, 5.74) is 2.08. The molecule has 0 amide bonds. The van der Waals surface area contributed by atoms with Gasteiger partial charge in [-0.05, 0) is 74.2 Å². The second-order valence-corrected chi connectivity index (χ2v) is 11.1. The molecule has 2 aromatic rings. The predicted octanol–water partition coefficient (Wildman–Crippen LogP) is 8.08. The van der Waals surface area contributed by atoms with E-state index in [1.807, 2.05) is 24.3 Å². The Hall–Kier alpha value is -3.94. The van der Waals surface area contributed by atoms with Crippen LogP contribution in [-0.4, -0.2) is 51.6 Å². The summed E-state index contributed by atoms with van der Waals surface area (Å²) in [5.74, 6) is 1.16. The fourth-order valence-corrected chi connectivity index (χ4v) is 4.25. The second-order valence-electron chi connectivity index (χ2n) is 11.1. The molecule has 8 heteroatoms. The van der Waals surface area contributed by atoms with Crippen LogP contribution >= 0.6 is 0 Å². The molecule has 0 aliphatic carbocycles. The van der Waals surface area contributed by atoms with Crippen LogP contribution in [0, 0.1) is 0 Å². The lowest BCUT2D eigenvalue weighted by atomic mass is 9.78. The molecule has 0 aliphatic heterocycles. The largest absolute Gasteiger partial charge is 0.493 e. The average Bonchev–Trinajstić information content (AvgIpc) is 3.05. The zero-order valence-electron chi connectivity index (χ0n) is 28.0. The first-order valence-corrected chi connectivity index (χ1v) is 16.2. The van der Waals surface area contributed by atoms with E-state index < -0.39 is 11.9 Å². The molecule has 0 N–H and O–H groups in total. The number of carbonyl (C=O) groups excluding carboxylic acids is 2. The Kier molecular flexibility index (Phi) is 17.3.